The summed E-state index contributed by atoms with van der Waals surface area (Å²) in [5.41, 5.74) is 0. The molecule has 1 aliphatic heterocycles. The number of aliphatic hydroxyl groups excluding tert-OH is 1. The van der Waals surface area contributed by atoms with Crippen LogP contribution in [0.3, 0.4) is 0 Å². The topological polar surface area (TPSA) is 59.1 Å². The second-order valence-corrected chi connectivity index (χ2v) is 5.73. The maximum atomic E-state index is 11.3. The molecule has 0 unspecified atom stereocenters. The molecule has 4 atom stereocenters. The number of aliphatic hydroxyl groups is 1. The fourth-order valence-corrected chi connectivity index (χ4v) is 2.76. The molecule has 2 rings (SSSR count). The molecule has 1 N–H and O–H groups in total. The van der Waals surface area contributed by atoms with Gasteiger partial charge in [-0.25, -0.2) is 0 Å². The summed E-state index contributed by atoms with van der Waals surface area (Å²) in [7, 11) is 0. The molecule has 1 aliphatic carbocycles. The molecule has 2 fully saturated rings. The van der Waals surface area contributed by atoms with Gasteiger partial charge < -0.3 is 14.6 Å². The molecule has 0 aromatic rings. The van der Waals surface area contributed by atoms with Gasteiger partial charge >= 0.3 is 5.97 Å². The van der Waals surface area contributed by atoms with Gasteiger partial charge in [0.2, 0.25) is 0 Å². The van der Waals surface area contributed by atoms with Gasteiger partial charge in [0, 0.05) is 18.8 Å². The van der Waals surface area contributed by atoms with E-state index in [1.165, 1.54) is 0 Å². The highest BCUT2D eigenvalue weighted by Gasteiger charge is 2.54. The Kier molecular flexibility index (Phi) is 4.99. The minimum absolute atomic E-state index is 0.0354. The smallest absolute Gasteiger partial charge is 0.306 e. The molecule has 4 nitrogen and oxygen atoms in total. The molecular formula is C15H24O4. The molecule has 0 aromatic carbocycles. The molecule has 0 spiro atoms. The van der Waals surface area contributed by atoms with Crippen LogP contribution in [0, 0.1) is 5.92 Å². The molecule has 1 saturated carbocycles. The minimum atomic E-state index is -0.182. The van der Waals surface area contributed by atoms with Crippen LogP contribution in [0.25, 0.3) is 0 Å². The Morgan fingerprint density at radius 3 is 2.79 bits per heavy atom. The van der Waals surface area contributed by atoms with E-state index in [2.05, 4.69) is 6.08 Å². The van der Waals surface area contributed by atoms with Crippen molar-refractivity contribution in [1.29, 1.82) is 0 Å². The second kappa shape index (κ2) is 6.53. The molecule has 108 valence electrons. The highest BCUT2D eigenvalue weighted by molar-refractivity contribution is 5.69. The van der Waals surface area contributed by atoms with E-state index in [0.717, 1.165) is 25.7 Å². The molecule has 2 aliphatic rings. The zero-order valence-corrected chi connectivity index (χ0v) is 11.7. The molecule has 0 radical (unpaired) electrons. The average Bonchev–Trinajstić information content (AvgIpc) is 2.99. The van der Waals surface area contributed by atoms with Crippen LogP contribution in [0.2, 0.25) is 0 Å². The quantitative estimate of drug-likeness (QED) is 0.437. The maximum Gasteiger partial charge on any atom is 0.306 e. The van der Waals surface area contributed by atoms with Gasteiger partial charge in [-0.1, -0.05) is 12.2 Å². The third kappa shape index (κ3) is 4.32. The Morgan fingerprint density at radius 2 is 2.16 bits per heavy atom. The Bertz CT molecular complexity index is 335. The molecule has 0 bridgehead atoms. The van der Waals surface area contributed by atoms with Crippen molar-refractivity contribution in [3.05, 3.63) is 12.2 Å². The van der Waals surface area contributed by atoms with Gasteiger partial charge in [-0.3, -0.25) is 4.79 Å². The molecule has 1 saturated heterocycles. The summed E-state index contributed by atoms with van der Waals surface area (Å²) >= 11 is 0. The summed E-state index contributed by atoms with van der Waals surface area (Å²) in [5, 5.41) is 9.78. The number of hydrogen-bond donors (Lipinski definition) is 1. The van der Waals surface area contributed by atoms with Crippen molar-refractivity contribution in [3.63, 3.8) is 0 Å². The summed E-state index contributed by atoms with van der Waals surface area (Å²) < 4.78 is 10.5. The number of allylic oxidation sites excluding steroid dienone is 2. The number of epoxide rings is 1. The predicted molar refractivity (Wildman–Crippen MR) is 71.6 cm³/mol. The third-order valence-corrected chi connectivity index (χ3v) is 3.73. The summed E-state index contributed by atoms with van der Waals surface area (Å²) in [4.78, 5) is 11.3. The van der Waals surface area contributed by atoms with E-state index in [4.69, 9.17) is 9.47 Å². The van der Waals surface area contributed by atoms with Crippen LogP contribution in [0.15, 0.2) is 12.2 Å². The fourth-order valence-electron chi connectivity index (χ4n) is 2.76. The summed E-state index contributed by atoms with van der Waals surface area (Å²) in [6, 6.07) is 0. The Labute approximate surface area is 114 Å². The summed E-state index contributed by atoms with van der Waals surface area (Å²) in [5.74, 6) is 0.167. The van der Waals surface area contributed by atoms with Crippen LogP contribution < -0.4 is 0 Å². The Hall–Kier alpha value is -0.870. The van der Waals surface area contributed by atoms with Crippen LogP contribution in [-0.2, 0) is 14.3 Å². The lowest BCUT2D eigenvalue weighted by molar-refractivity contribution is -0.147. The van der Waals surface area contributed by atoms with Crippen molar-refractivity contribution in [1.82, 2.24) is 0 Å². The number of fused-ring (bicyclic) bond motifs is 1. The van der Waals surface area contributed by atoms with Gasteiger partial charge in [0.1, 0.15) is 0 Å². The monoisotopic (exact) mass is 268 g/mol. The lowest BCUT2D eigenvalue weighted by Gasteiger charge is -2.15. The number of carbonyl (C=O) groups is 1. The van der Waals surface area contributed by atoms with E-state index in [1.807, 2.05) is 19.9 Å². The predicted octanol–water partition coefficient (Wildman–Crippen LogP) is 2.20. The SMILES string of the molecule is CC(C)OC(=O)CC/C=C\CC[C@@H]1[C@@H]2O[C@@H]2C[C@@H]1O. The Morgan fingerprint density at radius 1 is 1.42 bits per heavy atom. The van der Waals surface area contributed by atoms with Crippen molar-refractivity contribution in [2.75, 3.05) is 0 Å². The van der Waals surface area contributed by atoms with E-state index in [0.29, 0.717) is 24.5 Å². The normalized spacial score (nSPS) is 32.8. The number of rotatable bonds is 7. The minimum Gasteiger partial charge on any atom is -0.463 e. The standard InChI is InChI=1S/C15H24O4/c1-10(2)18-14(17)8-6-4-3-5-7-11-12(16)9-13-15(11)19-13/h3-4,10-13,15-16H,5-9H2,1-2H3/b4-3-/t11-,12-,13+,15-/m0/s1. The molecule has 1 heterocycles. The lowest BCUT2D eigenvalue weighted by atomic mass is 9.98. The van der Waals surface area contributed by atoms with Crippen LogP contribution in [0.1, 0.15) is 46.0 Å². The van der Waals surface area contributed by atoms with Crippen molar-refractivity contribution >= 4 is 5.97 Å². The summed E-state index contributed by atoms with van der Waals surface area (Å²) in [6.45, 7) is 3.71. The van der Waals surface area contributed by atoms with Gasteiger partial charge in [-0.15, -0.1) is 0 Å². The van der Waals surface area contributed by atoms with Crippen molar-refractivity contribution in [3.8, 4) is 0 Å². The molecule has 0 aromatic heterocycles. The number of carbonyl (C=O) groups excluding carboxylic acids is 1. The van der Waals surface area contributed by atoms with E-state index in [-0.39, 0.29) is 18.2 Å². The van der Waals surface area contributed by atoms with E-state index >= 15 is 0 Å². The van der Waals surface area contributed by atoms with Gasteiger partial charge in [0.25, 0.3) is 0 Å². The van der Waals surface area contributed by atoms with Gasteiger partial charge in [0.05, 0.1) is 24.4 Å². The van der Waals surface area contributed by atoms with Gasteiger partial charge in [0.15, 0.2) is 0 Å². The average molecular weight is 268 g/mol. The highest BCUT2D eigenvalue weighted by atomic mass is 16.6. The van der Waals surface area contributed by atoms with Gasteiger partial charge in [-0.05, 0) is 33.1 Å². The zero-order chi connectivity index (χ0) is 13.8. The van der Waals surface area contributed by atoms with Gasteiger partial charge in [-0.2, -0.15) is 0 Å². The van der Waals surface area contributed by atoms with Crippen LogP contribution in [0.4, 0.5) is 0 Å². The van der Waals surface area contributed by atoms with E-state index < -0.39 is 0 Å². The summed E-state index contributed by atoms with van der Waals surface area (Å²) in [6.07, 6.45) is 8.40. The molecule has 4 heteroatoms. The van der Waals surface area contributed by atoms with Crippen molar-refractivity contribution < 1.29 is 19.4 Å². The lowest BCUT2D eigenvalue weighted by Crippen LogP contribution is -2.19. The Balaban J connectivity index is 1.53. The third-order valence-electron chi connectivity index (χ3n) is 3.73. The first-order chi connectivity index (χ1) is 9.08. The fraction of sp³-hybridized carbons (Fsp3) is 0.800. The van der Waals surface area contributed by atoms with Crippen LogP contribution in [0.5, 0.6) is 0 Å². The van der Waals surface area contributed by atoms with Crippen LogP contribution in [-0.4, -0.2) is 35.5 Å². The first kappa shape index (κ1) is 14.5. The molecule has 19 heavy (non-hydrogen) atoms. The number of hydrogen-bond acceptors (Lipinski definition) is 4. The highest BCUT2D eigenvalue weighted by Crippen LogP contribution is 2.45. The van der Waals surface area contributed by atoms with Crippen molar-refractivity contribution in [2.24, 2.45) is 5.92 Å². The van der Waals surface area contributed by atoms with Crippen molar-refractivity contribution in [2.45, 2.75) is 70.4 Å². The van der Waals surface area contributed by atoms with Crippen LogP contribution >= 0.6 is 0 Å². The first-order valence-corrected chi connectivity index (χ1v) is 7.26. The maximum absolute atomic E-state index is 11.3. The van der Waals surface area contributed by atoms with E-state index in [1.54, 1.807) is 0 Å². The number of ether oxygens (including phenoxy) is 2. The zero-order valence-electron chi connectivity index (χ0n) is 11.7. The largest absolute Gasteiger partial charge is 0.463 e. The first-order valence-electron chi connectivity index (χ1n) is 7.26. The number of esters is 1. The molecule has 0 amide bonds. The molecular weight excluding hydrogens is 244 g/mol. The van der Waals surface area contributed by atoms with E-state index in [9.17, 15) is 9.90 Å². The second-order valence-electron chi connectivity index (χ2n) is 5.73.